The lowest BCUT2D eigenvalue weighted by Gasteiger charge is -2.08. The zero-order chi connectivity index (χ0) is 12.4. The van der Waals surface area contributed by atoms with Crippen LogP contribution in [0, 0.1) is 6.92 Å². The highest BCUT2D eigenvalue weighted by Gasteiger charge is 2.04. The topological polar surface area (TPSA) is 60.9 Å². The van der Waals surface area contributed by atoms with Gasteiger partial charge in [-0.1, -0.05) is 11.6 Å². The molecule has 0 aliphatic heterocycles. The molecule has 1 aromatic carbocycles. The molecule has 0 radical (unpaired) electrons. The highest BCUT2D eigenvalue weighted by molar-refractivity contribution is 6.31. The van der Waals surface area contributed by atoms with Crippen molar-refractivity contribution in [3.63, 3.8) is 0 Å². The van der Waals surface area contributed by atoms with Crippen LogP contribution in [0.3, 0.4) is 0 Å². The van der Waals surface area contributed by atoms with Gasteiger partial charge in [-0.2, -0.15) is 0 Å². The van der Waals surface area contributed by atoms with Crippen molar-refractivity contribution >= 4 is 17.3 Å². The lowest BCUT2D eigenvalue weighted by molar-refractivity contribution is 0.721. The Labute approximate surface area is 104 Å². The average Bonchev–Trinajstić information content (AvgIpc) is 2.28. The predicted molar refractivity (Wildman–Crippen MR) is 68.2 cm³/mol. The van der Waals surface area contributed by atoms with Crippen molar-refractivity contribution in [3.05, 3.63) is 57.2 Å². The molecule has 17 heavy (non-hydrogen) atoms. The predicted octanol–water partition coefficient (Wildman–Crippen LogP) is 1.84. The Bertz CT molecular complexity index is 607. The Morgan fingerprint density at radius 2 is 2.24 bits per heavy atom. The molecular weight excluding hydrogens is 238 g/mol. The summed E-state index contributed by atoms with van der Waals surface area (Å²) in [6, 6.07) is 5.21. The number of hydrogen-bond acceptors (Lipinski definition) is 3. The molecule has 0 bridgehead atoms. The molecule has 0 saturated heterocycles. The summed E-state index contributed by atoms with van der Waals surface area (Å²) in [7, 11) is 0. The zero-order valence-corrected chi connectivity index (χ0v) is 10.1. The molecule has 88 valence electrons. The highest BCUT2D eigenvalue weighted by Crippen LogP contribution is 2.19. The van der Waals surface area contributed by atoms with Crippen LogP contribution in [0.15, 0.2) is 35.4 Å². The maximum absolute atomic E-state index is 11.5. The average molecular weight is 250 g/mol. The van der Waals surface area contributed by atoms with Crippen LogP contribution in [0.2, 0.25) is 5.02 Å². The lowest BCUT2D eigenvalue weighted by Crippen LogP contribution is -2.23. The number of aromatic nitrogens is 2. The van der Waals surface area contributed by atoms with Gasteiger partial charge in [0, 0.05) is 23.1 Å². The maximum Gasteiger partial charge on any atom is 0.347 e. The summed E-state index contributed by atoms with van der Waals surface area (Å²) < 4.78 is 1.51. The minimum absolute atomic E-state index is 0.297. The molecule has 1 heterocycles. The van der Waals surface area contributed by atoms with Crippen LogP contribution >= 0.6 is 11.6 Å². The Morgan fingerprint density at radius 1 is 1.47 bits per heavy atom. The fourth-order valence-corrected chi connectivity index (χ4v) is 1.76. The highest BCUT2D eigenvalue weighted by atomic mass is 35.5. The Morgan fingerprint density at radius 3 is 3.00 bits per heavy atom. The zero-order valence-electron chi connectivity index (χ0n) is 9.35. The van der Waals surface area contributed by atoms with Crippen molar-refractivity contribution in [2.24, 2.45) is 0 Å². The summed E-state index contributed by atoms with van der Waals surface area (Å²) in [4.78, 5) is 15.3. The van der Waals surface area contributed by atoms with Gasteiger partial charge in [-0.3, -0.25) is 4.57 Å². The molecule has 0 fully saturated rings. The third-order valence-electron chi connectivity index (χ3n) is 2.39. The third-order valence-corrected chi connectivity index (χ3v) is 2.76. The minimum Gasteiger partial charge on any atom is -0.399 e. The number of anilines is 1. The molecule has 0 aliphatic rings. The second-order valence-corrected chi connectivity index (χ2v) is 4.30. The molecule has 0 saturated carbocycles. The maximum atomic E-state index is 11.5. The molecule has 0 atom stereocenters. The summed E-state index contributed by atoms with van der Waals surface area (Å²) in [5, 5.41) is 0.590. The van der Waals surface area contributed by atoms with E-state index in [0.717, 1.165) is 11.1 Å². The Hall–Kier alpha value is -1.81. The SMILES string of the molecule is Cc1cnc(=O)n(Cc2cc(N)ccc2Cl)c1. The van der Waals surface area contributed by atoms with Crippen LogP contribution in [0.25, 0.3) is 0 Å². The minimum atomic E-state index is -0.297. The molecule has 2 rings (SSSR count). The summed E-state index contributed by atoms with van der Waals surface area (Å²) in [6.45, 7) is 2.25. The molecule has 4 nitrogen and oxygen atoms in total. The van der Waals surface area contributed by atoms with Gasteiger partial charge in [0.2, 0.25) is 0 Å². The molecular formula is C12H12ClN3O. The van der Waals surface area contributed by atoms with E-state index in [0.29, 0.717) is 17.3 Å². The summed E-state index contributed by atoms with van der Waals surface area (Å²) >= 11 is 6.05. The van der Waals surface area contributed by atoms with Gasteiger partial charge in [-0.05, 0) is 36.2 Å². The summed E-state index contributed by atoms with van der Waals surface area (Å²) in [5.41, 5.74) is 7.74. The Kier molecular flexibility index (Phi) is 3.15. The van der Waals surface area contributed by atoms with Crippen molar-refractivity contribution < 1.29 is 0 Å². The first kappa shape index (κ1) is 11.7. The smallest absolute Gasteiger partial charge is 0.347 e. The van der Waals surface area contributed by atoms with Crippen molar-refractivity contribution in [2.75, 3.05) is 5.73 Å². The van der Waals surface area contributed by atoms with E-state index in [1.54, 1.807) is 30.6 Å². The van der Waals surface area contributed by atoms with E-state index in [9.17, 15) is 4.79 Å². The molecule has 0 aliphatic carbocycles. The van der Waals surface area contributed by atoms with Gasteiger partial charge < -0.3 is 5.73 Å². The largest absolute Gasteiger partial charge is 0.399 e. The molecule has 0 amide bonds. The number of rotatable bonds is 2. The number of halogens is 1. The van der Waals surface area contributed by atoms with E-state index in [1.807, 2.05) is 6.92 Å². The van der Waals surface area contributed by atoms with Crippen molar-refractivity contribution in [1.29, 1.82) is 0 Å². The van der Waals surface area contributed by atoms with E-state index in [2.05, 4.69) is 4.98 Å². The number of benzene rings is 1. The monoisotopic (exact) mass is 249 g/mol. The van der Waals surface area contributed by atoms with E-state index >= 15 is 0 Å². The van der Waals surface area contributed by atoms with Gasteiger partial charge >= 0.3 is 5.69 Å². The van der Waals surface area contributed by atoms with Gasteiger partial charge in [0.25, 0.3) is 0 Å². The fraction of sp³-hybridized carbons (Fsp3) is 0.167. The summed E-state index contributed by atoms with van der Waals surface area (Å²) in [5.74, 6) is 0. The van der Waals surface area contributed by atoms with Crippen LogP contribution < -0.4 is 11.4 Å². The van der Waals surface area contributed by atoms with Gasteiger partial charge in [-0.25, -0.2) is 9.78 Å². The molecule has 1 aromatic heterocycles. The van der Waals surface area contributed by atoms with Crippen molar-refractivity contribution in [3.8, 4) is 0 Å². The van der Waals surface area contributed by atoms with E-state index in [4.69, 9.17) is 17.3 Å². The second-order valence-electron chi connectivity index (χ2n) is 3.89. The summed E-state index contributed by atoms with van der Waals surface area (Å²) in [6.07, 6.45) is 3.29. The van der Waals surface area contributed by atoms with E-state index in [1.165, 1.54) is 4.57 Å². The quantitative estimate of drug-likeness (QED) is 0.826. The van der Waals surface area contributed by atoms with Crippen LogP contribution in [0.5, 0.6) is 0 Å². The second kappa shape index (κ2) is 4.59. The van der Waals surface area contributed by atoms with Crippen molar-refractivity contribution in [1.82, 2.24) is 9.55 Å². The molecule has 2 N–H and O–H groups in total. The third kappa shape index (κ3) is 2.65. The molecule has 5 heteroatoms. The van der Waals surface area contributed by atoms with Crippen molar-refractivity contribution in [2.45, 2.75) is 13.5 Å². The molecule has 0 unspecified atom stereocenters. The number of aryl methyl sites for hydroxylation is 1. The van der Waals surface area contributed by atoms with Gasteiger partial charge in [0.1, 0.15) is 0 Å². The number of nitrogens with two attached hydrogens (primary N) is 1. The van der Waals surface area contributed by atoms with Crippen LogP contribution in [0.1, 0.15) is 11.1 Å². The molecule has 0 spiro atoms. The van der Waals surface area contributed by atoms with Crippen LogP contribution in [-0.4, -0.2) is 9.55 Å². The lowest BCUT2D eigenvalue weighted by atomic mass is 10.2. The normalized spacial score (nSPS) is 10.5. The van der Waals surface area contributed by atoms with Crippen LogP contribution in [-0.2, 0) is 6.54 Å². The first-order chi connectivity index (χ1) is 8.06. The van der Waals surface area contributed by atoms with Gasteiger partial charge in [0.15, 0.2) is 0 Å². The number of nitrogens with zero attached hydrogens (tertiary/aromatic N) is 2. The Balaban J connectivity index is 2.41. The standard InChI is InChI=1S/C12H12ClN3O/c1-8-5-15-12(17)16(6-8)7-9-4-10(14)2-3-11(9)13/h2-6H,7,14H2,1H3. The molecule has 2 aromatic rings. The van der Waals surface area contributed by atoms with Gasteiger partial charge in [-0.15, -0.1) is 0 Å². The first-order valence-corrected chi connectivity index (χ1v) is 5.51. The van der Waals surface area contributed by atoms with E-state index in [-0.39, 0.29) is 5.69 Å². The van der Waals surface area contributed by atoms with E-state index < -0.39 is 0 Å². The van der Waals surface area contributed by atoms with Gasteiger partial charge in [0.05, 0.1) is 6.54 Å². The van der Waals surface area contributed by atoms with Crippen LogP contribution in [0.4, 0.5) is 5.69 Å². The first-order valence-electron chi connectivity index (χ1n) is 5.13. The number of hydrogen-bond donors (Lipinski definition) is 1. The fourth-order valence-electron chi connectivity index (χ4n) is 1.58. The number of nitrogen functional groups attached to an aromatic ring is 1.